The average Bonchev–Trinajstić information content (AvgIpc) is 3.14. The number of carbonyl (C=O) groups is 1. The van der Waals surface area contributed by atoms with Crippen molar-refractivity contribution in [2.45, 2.75) is 26.4 Å². The summed E-state index contributed by atoms with van der Waals surface area (Å²) in [6.45, 7) is 3.32. The summed E-state index contributed by atoms with van der Waals surface area (Å²) in [5.74, 6) is -0.00607. The number of benzene rings is 1. The van der Waals surface area contributed by atoms with Gasteiger partial charge in [0.2, 0.25) is 5.91 Å². The number of aromatic nitrogens is 4. The van der Waals surface area contributed by atoms with E-state index in [-0.39, 0.29) is 17.9 Å². The van der Waals surface area contributed by atoms with E-state index in [1.807, 2.05) is 47.9 Å². The van der Waals surface area contributed by atoms with Gasteiger partial charge in [-0.2, -0.15) is 0 Å². The quantitative estimate of drug-likeness (QED) is 0.519. The molecule has 0 atom stereocenters. The fraction of sp³-hybridized carbons (Fsp3) is 0.238. The van der Waals surface area contributed by atoms with Gasteiger partial charge in [0, 0.05) is 25.7 Å². The third-order valence-electron chi connectivity index (χ3n) is 4.88. The van der Waals surface area contributed by atoms with Crippen LogP contribution < -0.4 is 5.56 Å². The van der Waals surface area contributed by atoms with Crippen LogP contribution in [0.15, 0.2) is 66.0 Å². The van der Waals surface area contributed by atoms with Crippen molar-refractivity contribution >= 4 is 22.5 Å². The van der Waals surface area contributed by atoms with Crippen LogP contribution in [0.1, 0.15) is 19.0 Å². The molecule has 3 heterocycles. The zero-order chi connectivity index (χ0) is 19.5. The maximum atomic E-state index is 12.7. The molecule has 0 radical (unpaired) electrons. The molecule has 3 aromatic heterocycles. The number of nitrogens with zero attached hydrogens (tertiary/aromatic N) is 5. The molecule has 0 aliphatic heterocycles. The van der Waals surface area contributed by atoms with Crippen molar-refractivity contribution in [3.63, 3.8) is 0 Å². The molecule has 0 aliphatic carbocycles. The first-order valence-corrected chi connectivity index (χ1v) is 9.30. The SMILES string of the molecule is CCN(Cc1cnc2ccccn12)C(=O)CCn1cnc2ccccc2c1=O. The molecular weight excluding hydrogens is 354 g/mol. The lowest BCUT2D eigenvalue weighted by molar-refractivity contribution is -0.131. The monoisotopic (exact) mass is 375 g/mol. The van der Waals surface area contributed by atoms with Crippen molar-refractivity contribution in [1.82, 2.24) is 23.8 Å². The maximum absolute atomic E-state index is 12.7. The molecule has 1 aromatic carbocycles. The molecule has 0 fully saturated rings. The third kappa shape index (κ3) is 3.38. The van der Waals surface area contributed by atoms with E-state index < -0.39 is 0 Å². The van der Waals surface area contributed by atoms with Crippen LogP contribution in [0, 0.1) is 0 Å². The van der Waals surface area contributed by atoms with Gasteiger partial charge in [0.05, 0.1) is 35.7 Å². The van der Waals surface area contributed by atoms with Gasteiger partial charge < -0.3 is 9.30 Å². The van der Waals surface area contributed by atoms with E-state index in [1.165, 1.54) is 10.9 Å². The molecule has 28 heavy (non-hydrogen) atoms. The van der Waals surface area contributed by atoms with Crippen LogP contribution in [0.5, 0.6) is 0 Å². The molecule has 0 spiro atoms. The first kappa shape index (κ1) is 17.9. The Kier molecular flexibility index (Phi) is 4.89. The number of fused-ring (bicyclic) bond motifs is 2. The topological polar surface area (TPSA) is 72.5 Å². The molecule has 0 saturated heterocycles. The molecule has 4 aromatic rings. The van der Waals surface area contributed by atoms with Crippen LogP contribution in [0.4, 0.5) is 0 Å². The highest BCUT2D eigenvalue weighted by molar-refractivity contribution is 5.77. The molecule has 142 valence electrons. The summed E-state index contributed by atoms with van der Waals surface area (Å²) in [7, 11) is 0. The highest BCUT2D eigenvalue weighted by Crippen LogP contribution is 2.11. The molecule has 1 amide bonds. The highest BCUT2D eigenvalue weighted by atomic mass is 16.2. The Bertz CT molecular complexity index is 1190. The van der Waals surface area contributed by atoms with Crippen LogP contribution in [0.25, 0.3) is 16.6 Å². The number of pyridine rings is 1. The predicted octanol–water partition coefficient (Wildman–Crippen LogP) is 2.48. The van der Waals surface area contributed by atoms with Crippen LogP contribution in [0.2, 0.25) is 0 Å². The van der Waals surface area contributed by atoms with Gasteiger partial charge >= 0.3 is 0 Å². The Hall–Kier alpha value is -3.48. The number of carbonyl (C=O) groups excluding carboxylic acids is 1. The third-order valence-corrected chi connectivity index (χ3v) is 4.88. The fourth-order valence-corrected chi connectivity index (χ4v) is 3.31. The molecule has 0 N–H and O–H groups in total. The van der Waals surface area contributed by atoms with Crippen molar-refractivity contribution in [3.05, 3.63) is 77.2 Å². The Morgan fingerprint density at radius 1 is 1.11 bits per heavy atom. The molecule has 7 heteroatoms. The molecule has 0 aliphatic rings. The Morgan fingerprint density at radius 2 is 1.93 bits per heavy atom. The first-order chi connectivity index (χ1) is 13.7. The van der Waals surface area contributed by atoms with E-state index in [9.17, 15) is 9.59 Å². The molecule has 0 bridgehead atoms. The van der Waals surface area contributed by atoms with E-state index in [1.54, 1.807) is 23.2 Å². The van der Waals surface area contributed by atoms with Gasteiger partial charge in [-0.25, -0.2) is 9.97 Å². The first-order valence-electron chi connectivity index (χ1n) is 9.30. The second-order valence-electron chi connectivity index (χ2n) is 6.60. The van der Waals surface area contributed by atoms with Gasteiger partial charge in [0.15, 0.2) is 0 Å². The van der Waals surface area contributed by atoms with Crippen molar-refractivity contribution < 1.29 is 4.79 Å². The lowest BCUT2D eigenvalue weighted by Gasteiger charge is -2.21. The predicted molar refractivity (Wildman–Crippen MR) is 107 cm³/mol. The van der Waals surface area contributed by atoms with Gasteiger partial charge in [-0.15, -0.1) is 0 Å². The summed E-state index contributed by atoms with van der Waals surface area (Å²) in [5.41, 5.74) is 2.35. The molecule has 0 unspecified atom stereocenters. The van der Waals surface area contributed by atoms with Gasteiger partial charge in [0.25, 0.3) is 5.56 Å². The summed E-state index contributed by atoms with van der Waals surface area (Å²) < 4.78 is 3.48. The molecule has 7 nitrogen and oxygen atoms in total. The van der Waals surface area contributed by atoms with Gasteiger partial charge in [-0.05, 0) is 31.2 Å². The number of para-hydroxylation sites is 1. The average molecular weight is 375 g/mol. The lowest BCUT2D eigenvalue weighted by atomic mass is 10.2. The number of hydrogen-bond acceptors (Lipinski definition) is 4. The summed E-state index contributed by atoms with van der Waals surface area (Å²) >= 11 is 0. The Labute approximate surface area is 161 Å². The zero-order valence-electron chi connectivity index (χ0n) is 15.7. The number of imidazole rings is 1. The van der Waals surface area contributed by atoms with Gasteiger partial charge in [0.1, 0.15) is 5.65 Å². The van der Waals surface area contributed by atoms with Crippen molar-refractivity contribution in [2.75, 3.05) is 6.54 Å². The summed E-state index contributed by atoms with van der Waals surface area (Å²) in [5, 5.41) is 0.565. The lowest BCUT2D eigenvalue weighted by Crippen LogP contribution is -2.32. The standard InChI is InChI=1S/C21H21N5O2/c1-2-24(14-16-13-22-19-9-5-6-11-26(16)19)20(27)10-12-25-15-23-18-8-4-3-7-17(18)21(25)28/h3-9,11,13,15H,2,10,12,14H2,1H3. The number of hydrogen-bond donors (Lipinski definition) is 0. The van der Waals surface area contributed by atoms with Crippen molar-refractivity contribution in [2.24, 2.45) is 0 Å². The van der Waals surface area contributed by atoms with Crippen molar-refractivity contribution in [1.29, 1.82) is 0 Å². The summed E-state index contributed by atoms with van der Waals surface area (Å²) in [6, 6.07) is 13.0. The number of rotatable bonds is 6. The number of aryl methyl sites for hydroxylation is 1. The van der Waals surface area contributed by atoms with E-state index in [2.05, 4.69) is 9.97 Å². The summed E-state index contributed by atoms with van der Waals surface area (Å²) in [4.78, 5) is 35.8. The highest BCUT2D eigenvalue weighted by Gasteiger charge is 2.15. The van der Waals surface area contributed by atoms with Crippen LogP contribution in [-0.4, -0.2) is 36.3 Å². The smallest absolute Gasteiger partial charge is 0.261 e. The van der Waals surface area contributed by atoms with E-state index in [4.69, 9.17) is 0 Å². The Morgan fingerprint density at radius 3 is 2.79 bits per heavy atom. The second-order valence-corrected chi connectivity index (χ2v) is 6.60. The zero-order valence-corrected chi connectivity index (χ0v) is 15.7. The van der Waals surface area contributed by atoms with Crippen LogP contribution in [-0.2, 0) is 17.9 Å². The van der Waals surface area contributed by atoms with E-state index >= 15 is 0 Å². The largest absolute Gasteiger partial charge is 0.337 e. The van der Waals surface area contributed by atoms with E-state index in [0.717, 1.165) is 11.3 Å². The molecule has 0 saturated carbocycles. The normalized spacial score (nSPS) is 11.2. The van der Waals surface area contributed by atoms with Gasteiger partial charge in [-0.3, -0.25) is 14.2 Å². The van der Waals surface area contributed by atoms with Crippen LogP contribution in [0.3, 0.4) is 0 Å². The second kappa shape index (κ2) is 7.64. The molecular formula is C21H21N5O2. The van der Waals surface area contributed by atoms with E-state index in [0.29, 0.717) is 30.5 Å². The minimum Gasteiger partial charge on any atom is -0.337 e. The van der Waals surface area contributed by atoms with Crippen molar-refractivity contribution in [3.8, 4) is 0 Å². The minimum absolute atomic E-state index is 0.00607. The Balaban J connectivity index is 1.48. The maximum Gasteiger partial charge on any atom is 0.261 e. The number of amides is 1. The van der Waals surface area contributed by atoms with Crippen LogP contribution >= 0.6 is 0 Å². The minimum atomic E-state index is -0.122. The summed E-state index contributed by atoms with van der Waals surface area (Å²) in [6.07, 6.45) is 5.49. The fourth-order valence-electron chi connectivity index (χ4n) is 3.31. The molecule has 4 rings (SSSR count). The van der Waals surface area contributed by atoms with Gasteiger partial charge in [-0.1, -0.05) is 18.2 Å².